The van der Waals surface area contributed by atoms with E-state index in [0.717, 1.165) is 21.7 Å². The molecule has 0 saturated heterocycles. The number of carbonyl (C=O) groups is 1. The summed E-state index contributed by atoms with van der Waals surface area (Å²) >= 11 is 0. The van der Waals surface area contributed by atoms with E-state index < -0.39 is 32.5 Å². The molecule has 10 nitrogen and oxygen atoms in total. The Morgan fingerprint density at radius 2 is 1.51 bits per heavy atom. The summed E-state index contributed by atoms with van der Waals surface area (Å²) in [5.41, 5.74) is 2.51. The van der Waals surface area contributed by atoms with E-state index in [1.165, 1.54) is 50.6 Å². The molecule has 37 heavy (non-hydrogen) atoms. The van der Waals surface area contributed by atoms with Gasteiger partial charge in [0.15, 0.2) is 0 Å². The first kappa shape index (κ1) is 27.8. The highest BCUT2D eigenvalue weighted by Gasteiger charge is 2.25. The van der Waals surface area contributed by atoms with Crippen LogP contribution in [0.5, 0.6) is 11.5 Å². The number of carbonyl (C=O) groups excluding carboxylic acids is 1. The number of ether oxygens (including phenoxy) is 2. The quantitative estimate of drug-likeness (QED) is 0.397. The van der Waals surface area contributed by atoms with E-state index >= 15 is 0 Å². The predicted molar refractivity (Wildman–Crippen MR) is 144 cm³/mol. The van der Waals surface area contributed by atoms with Crippen LogP contribution < -0.4 is 23.8 Å². The second-order valence-corrected chi connectivity index (χ2v) is 11.8. The highest BCUT2D eigenvalue weighted by molar-refractivity contribution is 7.92. The zero-order valence-electron chi connectivity index (χ0n) is 21.1. The summed E-state index contributed by atoms with van der Waals surface area (Å²) in [4.78, 5) is 12.8. The molecular weight excluding hydrogens is 518 g/mol. The van der Waals surface area contributed by atoms with Gasteiger partial charge in [0.25, 0.3) is 10.0 Å². The van der Waals surface area contributed by atoms with Gasteiger partial charge >= 0.3 is 0 Å². The Balaban J connectivity index is 1.79. The van der Waals surface area contributed by atoms with Crippen LogP contribution in [0.3, 0.4) is 0 Å². The van der Waals surface area contributed by atoms with Crippen LogP contribution in [0.25, 0.3) is 0 Å². The average molecular weight is 548 g/mol. The first-order valence-electron chi connectivity index (χ1n) is 11.0. The second kappa shape index (κ2) is 11.1. The standard InChI is InChI=1S/C25H29N3O7S2/c1-17-7-6-8-18(2)25(17)27-37(32,33)21-12-9-19(10-13-21)26-24(29)16-28(36(5,30)31)22-15-20(34-3)11-14-23(22)35-4/h6-15,27H,16H2,1-5H3,(H,26,29). The summed E-state index contributed by atoms with van der Waals surface area (Å²) in [7, 11) is -4.92. The van der Waals surface area contributed by atoms with Crippen LogP contribution in [0.1, 0.15) is 11.1 Å². The van der Waals surface area contributed by atoms with E-state index in [1.54, 1.807) is 6.07 Å². The molecule has 3 aromatic rings. The van der Waals surface area contributed by atoms with Gasteiger partial charge in [-0.05, 0) is 61.4 Å². The zero-order valence-corrected chi connectivity index (χ0v) is 22.7. The normalized spacial score (nSPS) is 11.5. The third-order valence-corrected chi connectivity index (χ3v) is 8.00. The molecule has 3 aromatic carbocycles. The average Bonchev–Trinajstić information content (AvgIpc) is 2.84. The smallest absolute Gasteiger partial charge is 0.261 e. The van der Waals surface area contributed by atoms with Crippen molar-refractivity contribution in [1.82, 2.24) is 0 Å². The van der Waals surface area contributed by atoms with Gasteiger partial charge in [0.05, 0.1) is 36.7 Å². The van der Waals surface area contributed by atoms with Gasteiger partial charge in [-0.1, -0.05) is 18.2 Å². The van der Waals surface area contributed by atoms with Crippen LogP contribution in [0, 0.1) is 13.8 Å². The minimum atomic E-state index is -3.88. The third-order valence-electron chi connectivity index (χ3n) is 5.51. The number of hydrogen-bond donors (Lipinski definition) is 2. The van der Waals surface area contributed by atoms with Crippen molar-refractivity contribution in [2.75, 3.05) is 41.4 Å². The molecule has 0 unspecified atom stereocenters. The van der Waals surface area contributed by atoms with Crippen LogP contribution in [-0.4, -0.2) is 49.8 Å². The third kappa shape index (κ3) is 6.71. The van der Waals surface area contributed by atoms with Gasteiger partial charge < -0.3 is 14.8 Å². The maximum atomic E-state index is 12.9. The SMILES string of the molecule is COc1ccc(OC)c(N(CC(=O)Nc2ccc(S(=O)(=O)Nc3c(C)cccc3C)cc2)S(C)(=O)=O)c1. The topological polar surface area (TPSA) is 131 Å². The lowest BCUT2D eigenvalue weighted by molar-refractivity contribution is -0.114. The van der Waals surface area contributed by atoms with Gasteiger partial charge in [-0.25, -0.2) is 16.8 Å². The Labute approximate surface area is 217 Å². The molecule has 0 aliphatic heterocycles. The van der Waals surface area contributed by atoms with Crippen LogP contribution >= 0.6 is 0 Å². The summed E-state index contributed by atoms with van der Waals surface area (Å²) in [6, 6.07) is 15.6. The summed E-state index contributed by atoms with van der Waals surface area (Å²) in [6.07, 6.45) is 0.974. The van der Waals surface area contributed by atoms with Crippen LogP contribution in [-0.2, 0) is 24.8 Å². The number of aryl methyl sites for hydroxylation is 2. The molecule has 3 rings (SSSR count). The largest absolute Gasteiger partial charge is 0.497 e. The van der Waals surface area contributed by atoms with Crippen LogP contribution in [0.2, 0.25) is 0 Å². The van der Waals surface area contributed by atoms with Gasteiger partial charge in [-0.15, -0.1) is 0 Å². The van der Waals surface area contributed by atoms with E-state index in [0.29, 0.717) is 17.1 Å². The van der Waals surface area contributed by atoms with E-state index in [-0.39, 0.29) is 16.3 Å². The molecule has 1 amide bonds. The Kier molecular flexibility index (Phi) is 8.34. The summed E-state index contributed by atoms with van der Waals surface area (Å²) < 4.78 is 64.7. The fraction of sp³-hybridized carbons (Fsp3) is 0.240. The molecule has 0 spiro atoms. The minimum Gasteiger partial charge on any atom is -0.497 e. The van der Waals surface area contributed by atoms with Crippen molar-refractivity contribution < 1.29 is 31.1 Å². The zero-order chi connectivity index (χ0) is 27.4. The first-order valence-corrected chi connectivity index (χ1v) is 14.4. The number of nitrogens with one attached hydrogen (secondary N) is 2. The Morgan fingerprint density at radius 3 is 2.05 bits per heavy atom. The first-order chi connectivity index (χ1) is 17.4. The van der Waals surface area contributed by atoms with E-state index in [2.05, 4.69) is 10.0 Å². The summed E-state index contributed by atoms with van der Waals surface area (Å²) in [5.74, 6) is -0.0132. The number of rotatable bonds is 10. The lowest BCUT2D eigenvalue weighted by atomic mass is 10.1. The maximum absolute atomic E-state index is 12.9. The molecular formula is C25H29N3O7S2. The number of amides is 1. The molecule has 0 radical (unpaired) electrons. The molecule has 198 valence electrons. The fourth-order valence-corrected chi connectivity index (χ4v) is 5.64. The van der Waals surface area contributed by atoms with Gasteiger partial charge in [-0.3, -0.25) is 13.8 Å². The van der Waals surface area contributed by atoms with Crippen molar-refractivity contribution in [2.24, 2.45) is 0 Å². The number of nitrogens with zero attached hydrogens (tertiary/aromatic N) is 1. The van der Waals surface area contributed by atoms with Gasteiger partial charge in [0.2, 0.25) is 15.9 Å². The summed E-state index contributed by atoms with van der Waals surface area (Å²) in [6.45, 7) is 3.07. The highest BCUT2D eigenvalue weighted by Crippen LogP contribution is 2.33. The fourth-order valence-electron chi connectivity index (χ4n) is 3.59. The summed E-state index contributed by atoms with van der Waals surface area (Å²) in [5, 5.41) is 2.59. The molecule has 0 fully saturated rings. The number of para-hydroxylation sites is 1. The van der Waals surface area contributed by atoms with Crippen molar-refractivity contribution in [1.29, 1.82) is 0 Å². The van der Waals surface area contributed by atoms with Crippen molar-refractivity contribution in [3.8, 4) is 11.5 Å². The molecule has 0 aliphatic carbocycles. The van der Waals surface area contributed by atoms with E-state index in [4.69, 9.17) is 9.47 Å². The molecule has 0 aromatic heterocycles. The second-order valence-electron chi connectivity index (χ2n) is 8.25. The van der Waals surface area contributed by atoms with Crippen molar-refractivity contribution in [2.45, 2.75) is 18.7 Å². The van der Waals surface area contributed by atoms with Crippen molar-refractivity contribution >= 4 is 43.0 Å². The lowest BCUT2D eigenvalue weighted by Gasteiger charge is -2.24. The van der Waals surface area contributed by atoms with Gasteiger partial charge in [0, 0.05) is 11.8 Å². The molecule has 0 saturated carbocycles. The maximum Gasteiger partial charge on any atom is 0.261 e. The number of benzene rings is 3. The Bertz CT molecular complexity index is 1480. The van der Waals surface area contributed by atoms with Crippen LogP contribution in [0.4, 0.5) is 17.1 Å². The Hall–Kier alpha value is -3.77. The minimum absolute atomic E-state index is 0.00651. The van der Waals surface area contributed by atoms with Gasteiger partial charge in [0.1, 0.15) is 18.0 Å². The molecule has 0 aliphatic rings. The molecule has 0 atom stereocenters. The molecule has 0 heterocycles. The number of methoxy groups -OCH3 is 2. The monoisotopic (exact) mass is 547 g/mol. The van der Waals surface area contributed by atoms with Gasteiger partial charge in [-0.2, -0.15) is 0 Å². The number of anilines is 3. The lowest BCUT2D eigenvalue weighted by Crippen LogP contribution is -2.37. The van der Waals surface area contributed by atoms with Crippen molar-refractivity contribution in [3.05, 3.63) is 71.8 Å². The predicted octanol–water partition coefficient (Wildman–Crippen LogP) is 3.53. The van der Waals surface area contributed by atoms with E-state index in [9.17, 15) is 21.6 Å². The van der Waals surface area contributed by atoms with E-state index in [1.807, 2.05) is 32.0 Å². The molecule has 2 N–H and O–H groups in total. The molecule has 0 bridgehead atoms. The number of sulfonamides is 2. The Morgan fingerprint density at radius 1 is 0.892 bits per heavy atom. The van der Waals surface area contributed by atoms with Crippen molar-refractivity contribution in [3.63, 3.8) is 0 Å². The van der Waals surface area contributed by atoms with Crippen LogP contribution in [0.15, 0.2) is 65.6 Å². The highest BCUT2D eigenvalue weighted by atomic mass is 32.2. The molecule has 12 heteroatoms. The number of hydrogen-bond acceptors (Lipinski definition) is 7.